The molecule has 0 aromatic heterocycles. The molecule has 0 saturated carbocycles. The number of para-hydroxylation sites is 1. The van der Waals surface area contributed by atoms with Crippen molar-refractivity contribution in [3.63, 3.8) is 0 Å². The molecule has 0 bridgehead atoms. The molecule has 84 valence electrons. The molecule has 1 atom stereocenters. The summed E-state index contributed by atoms with van der Waals surface area (Å²) in [7, 11) is 0. The molecule has 2 nitrogen and oxygen atoms in total. The summed E-state index contributed by atoms with van der Waals surface area (Å²) in [6, 6.07) is 9.45. The van der Waals surface area contributed by atoms with E-state index in [1.165, 1.54) is 19.3 Å². The van der Waals surface area contributed by atoms with Crippen LogP contribution in [0, 0.1) is 0 Å². The van der Waals surface area contributed by atoms with Gasteiger partial charge in [-0.25, -0.2) is 0 Å². The molecule has 0 spiro atoms. The summed E-state index contributed by atoms with van der Waals surface area (Å²) in [4.78, 5) is 0. The first kappa shape index (κ1) is 12.1. The molecule has 15 heavy (non-hydrogen) atoms. The van der Waals surface area contributed by atoms with E-state index >= 15 is 0 Å². The Bertz CT molecular complexity index is 246. The fourth-order valence-corrected chi connectivity index (χ4v) is 1.46. The maximum Gasteiger partial charge on any atom is 0.197 e. The Hall–Kier alpha value is -1.02. The third-order valence-corrected chi connectivity index (χ3v) is 2.32. The van der Waals surface area contributed by atoms with Crippen LogP contribution in [0.2, 0.25) is 0 Å². The monoisotopic (exact) mass is 208 g/mol. The summed E-state index contributed by atoms with van der Waals surface area (Å²) < 4.78 is 5.35. The number of aliphatic hydroxyl groups excluding tert-OH is 1. The van der Waals surface area contributed by atoms with Crippen LogP contribution < -0.4 is 4.74 Å². The zero-order valence-corrected chi connectivity index (χ0v) is 9.36. The van der Waals surface area contributed by atoms with Crippen molar-refractivity contribution in [1.29, 1.82) is 0 Å². The molecule has 0 radical (unpaired) electrons. The van der Waals surface area contributed by atoms with E-state index in [0.29, 0.717) is 0 Å². The summed E-state index contributed by atoms with van der Waals surface area (Å²) in [5.41, 5.74) is 0. The van der Waals surface area contributed by atoms with Gasteiger partial charge >= 0.3 is 0 Å². The Morgan fingerprint density at radius 1 is 1.13 bits per heavy atom. The van der Waals surface area contributed by atoms with Gasteiger partial charge in [-0.3, -0.25) is 0 Å². The standard InChI is InChI=1S/C13H20O2/c1-2-3-4-8-11-13(14)15-12-9-6-5-7-10-12/h5-7,9-10,13-14H,2-4,8,11H2,1H3. The van der Waals surface area contributed by atoms with E-state index in [9.17, 15) is 5.11 Å². The number of ether oxygens (including phenoxy) is 1. The van der Waals surface area contributed by atoms with Crippen molar-refractivity contribution in [3.8, 4) is 5.75 Å². The molecular weight excluding hydrogens is 188 g/mol. The van der Waals surface area contributed by atoms with Gasteiger partial charge in [-0.2, -0.15) is 0 Å². The van der Waals surface area contributed by atoms with Crippen molar-refractivity contribution in [2.75, 3.05) is 0 Å². The zero-order valence-electron chi connectivity index (χ0n) is 9.36. The SMILES string of the molecule is CCCCCCC(O)Oc1ccccc1. The first-order valence-electron chi connectivity index (χ1n) is 5.72. The highest BCUT2D eigenvalue weighted by atomic mass is 16.6. The van der Waals surface area contributed by atoms with Crippen LogP contribution in [-0.4, -0.2) is 11.4 Å². The molecule has 0 aliphatic carbocycles. The summed E-state index contributed by atoms with van der Waals surface area (Å²) in [6.45, 7) is 2.18. The quantitative estimate of drug-likeness (QED) is 0.550. The predicted molar refractivity (Wildman–Crippen MR) is 61.8 cm³/mol. The molecule has 2 heteroatoms. The summed E-state index contributed by atoms with van der Waals surface area (Å²) in [5, 5.41) is 9.58. The molecule has 1 unspecified atom stereocenters. The van der Waals surface area contributed by atoms with Crippen LogP contribution in [0.5, 0.6) is 5.75 Å². The second-order valence-corrected chi connectivity index (χ2v) is 3.73. The smallest absolute Gasteiger partial charge is 0.197 e. The van der Waals surface area contributed by atoms with Crippen LogP contribution in [0.3, 0.4) is 0 Å². The van der Waals surface area contributed by atoms with Crippen LogP contribution in [0.15, 0.2) is 30.3 Å². The zero-order chi connectivity index (χ0) is 10.9. The molecule has 0 fully saturated rings. The maximum absolute atomic E-state index is 9.58. The summed E-state index contributed by atoms with van der Waals surface area (Å²) in [5.74, 6) is 0.737. The van der Waals surface area contributed by atoms with Gasteiger partial charge in [0, 0.05) is 6.42 Å². The van der Waals surface area contributed by atoms with Gasteiger partial charge in [0.25, 0.3) is 0 Å². The molecular formula is C13H20O2. The molecule has 1 N–H and O–H groups in total. The van der Waals surface area contributed by atoms with Crippen LogP contribution in [0.4, 0.5) is 0 Å². The third-order valence-electron chi connectivity index (χ3n) is 2.32. The van der Waals surface area contributed by atoms with Gasteiger partial charge in [0.2, 0.25) is 0 Å². The van der Waals surface area contributed by atoms with Crippen molar-refractivity contribution in [1.82, 2.24) is 0 Å². The van der Waals surface area contributed by atoms with Crippen LogP contribution >= 0.6 is 0 Å². The van der Waals surface area contributed by atoms with Crippen molar-refractivity contribution in [2.45, 2.75) is 45.3 Å². The Labute approximate surface area is 91.9 Å². The number of hydrogen-bond acceptors (Lipinski definition) is 2. The molecule has 0 aliphatic heterocycles. The largest absolute Gasteiger partial charge is 0.465 e. The molecule has 1 rings (SSSR count). The predicted octanol–water partition coefficient (Wildman–Crippen LogP) is 3.35. The minimum atomic E-state index is -0.663. The van der Waals surface area contributed by atoms with Gasteiger partial charge < -0.3 is 9.84 Å². The summed E-state index contributed by atoms with van der Waals surface area (Å²) >= 11 is 0. The average molecular weight is 208 g/mol. The minimum absolute atomic E-state index is 0.663. The summed E-state index contributed by atoms with van der Waals surface area (Å²) in [6.07, 6.45) is 4.71. The Morgan fingerprint density at radius 2 is 1.87 bits per heavy atom. The fourth-order valence-electron chi connectivity index (χ4n) is 1.46. The van der Waals surface area contributed by atoms with Gasteiger partial charge in [-0.15, -0.1) is 0 Å². The Kier molecular flexibility index (Phi) is 5.86. The number of benzene rings is 1. The highest BCUT2D eigenvalue weighted by Crippen LogP contribution is 2.13. The minimum Gasteiger partial charge on any atom is -0.465 e. The van der Waals surface area contributed by atoms with Gasteiger partial charge in [0.05, 0.1) is 0 Å². The maximum atomic E-state index is 9.58. The lowest BCUT2D eigenvalue weighted by Crippen LogP contribution is -2.15. The van der Waals surface area contributed by atoms with E-state index in [4.69, 9.17) is 4.74 Å². The van der Waals surface area contributed by atoms with E-state index in [1.807, 2.05) is 30.3 Å². The normalized spacial score (nSPS) is 12.4. The molecule has 0 saturated heterocycles. The van der Waals surface area contributed by atoms with E-state index < -0.39 is 6.29 Å². The second-order valence-electron chi connectivity index (χ2n) is 3.73. The van der Waals surface area contributed by atoms with Crippen molar-refractivity contribution < 1.29 is 9.84 Å². The fraction of sp³-hybridized carbons (Fsp3) is 0.538. The van der Waals surface area contributed by atoms with Crippen LogP contribution in [0.1, 0.15) is 39.0 Å². The Balaban J connectivity index is 2.16. The van der Waals surface area contributed by atoms with Gasteiger partial charge in [0.15, 0.2) is 6.29 Å². The van der Waals surface area contributed by atoms with Crippen molar-refractivity contribution in [3.05, 3.63) is 30.3 Å². The van der Waals surface area contributed by atoms with Gasteiger partial charge in [0.1, 0.15) is 5.75 Å². The number of unbranched alkanes of at least 4 members (excludes halogenated alkanes) is 3. The van der Waals surface area contributed by atoms with E-state index in [0.717, 1.165) is 18.6 Å². The molecule has 0 aliphatic rings. The van der Waals surface area contributed by atoms with Crippen LogP contribution in [-0.2, 0) is 0 Å². The third kappa shape index (κ3) is 5.43. The molecule has 1 aromatic rings. The van der Waals surface area contributed by atoms with Crippen molar-refractivity contribution in [2.24, 2.45) is 0 Å². The second kappa shape index (κ2) is 7.30. The highest BCUT2D eigenvalue weighted by molar-refractivity contribution is 5.20. The lowest BCUT2D eigenvalue weighted by molar-refractivity contribution is -0.0246. The van der Waals surface area contributed by atoms with E-state index in [-0.39, 0.29) is 0 Å². The number of aliphatic hydroxyl groups is 1. The average Bonchev–Trinajstić information content (AvgIpc) is 2.26. The highest BCUT2D eigenvalue weighted by Gasteiger charge is 2.04. The molecule has 0 amide bonds. The van der Waals surface area contributed by atoms with E-state index in [2.05, 4.69) is 6.92 Å². The molecule has 0 heterocycles. The lowest BCUT2D eigenvalue weighted by Gasteiger charge is -2.12. The van der Waals surface area contributed by atoms with E-state index in [1.54, 1.807) is 0 Å². The topological polar surface area (TPSA) is 29.5 Å². The van der Waals surface area contributed by atoms with Gasteiger partial charge in [-0.05, 0) is 18.6 Å². The molecule has 1 aromatic carbocycles. The number of rotatable bonds is 7. The van der Waals surface area contributed by atoms with Gasteiger partial charge in [-0.1, -0.05) is 44.4 Å². The first-order chi connectivity index (χ1) is 7.33. The first-order valence-corrected chi connectivity index (χ1v) is 5.72. The van der Waals surface area contributed by atoms with Crippen LogP contribution in [0.25, 0.3) is 0 Å². The lowest BCUT2D eigenvalue weighted by atomic mass is 10.1. The van der Waals surface area contributed by atoms with Crippen molar-refractivity contribution >= 4 is 0 Å². The number of hydrogen-bond donors (Lipinski definition) is 1. The Morgan fingerprint density at radius 3 is 2.53 bits per heavy atom.